The molecule has 1 aliphatic heterocycles. The van der Waals surface area contributed by atoms with Crippen molar-refractivity contribution in [3.8, 4) is 0 Å². The number of benzene rings is 1. The molecule has 0 radical (unpaired) electrons. The Kier molecular flexibility index (Phi) is 4.84. The van der Waals surface area contributed by atoms with E-state index in [1.807, 2.05) is 36.1 Å². The van der Waals surface area contributed by atoms with Crippen LogP contribution in [0.5, 0.6) is 0 Å². The number of carbonyl (C=O) groups is 2. The molecule has 126 valence electrons. The third-order valence-electron chi connectivity index (χ3n) is 5.01. The second-order valence-corrected chi connectivity index (χ2v) is 6.82. The summed E-state index contributed by atoms with van der Waals surface area (Å²) in [7, 11) is 0. The predicted molar refractivity (Wildman–Crippen MR) is 93.3 cm³/mol. The summed E-state index contributed by atoms with van der Waals surface area (Å²) in [6.07, 6.45) is 7.99. The first-order valence-corrected chi connectivity index (χ1v) is 8.46. The minimum Gasteiger partial charge on any atom is -0.478 e. The molecule has 4 nitrogen and oxygen atoms in total. The summed E-state index contributed by atoms with van der Waals surface area (Å²) in [5.74, 6) is -0.0334. The number of amides is 1. The van der Waals surface area contributed by atoms with E-state index in [-0.39, 0.29) is 17.9 Å². The highest BCUT2D eigenvalue weighted by molar-refractivity contribution is 5.98. The number of nitrogens with zero attached hydrogens (tertiary/aromatic N) is 1. The first-order valence-electron chi connectivity index (χ1n) is 8.46. The number of carbonyl (C=O) groups excluding carboxylic acids is 1. The fourth-order valence-electron chi connectivity index (χ4n) is 3.55. The van der Waals surface area contributed by atoms with Crippen molar-refractivity contribution < 1.29 is 14.7 Å². The van der Waals surface area contributed by atoms with Crippen LogP contribution in [0.1, 0.15) is 30.4 Å². The minimum absolute atomic E-state index is 0.0456. The van der Waals surface area contributed by atoms with Gasteiger partial charge in [-0.25, -0.2) is 4.79 Å². The topological polar surface area (TPSA) is 57.6 Å². The summed E-state index contributed by atoms with van der Waals surface area (Å²) in [4.78, 5) is 25.9. The van der Waals surface area contributed by atoms with E-state index in [9.17, 15) is 14.7 Å². The summed E-state index contributed by atoms with van der Waals surface area (Å²) in [6.45, 7) is 3.49. The standard InChI is InChI=1S/C20H23NO3/c1-14-6-8-15(9-7-14)10-18(20(23)24)11-19(22)21-12-16-4-2-3-5-17(16)13-21/h2-3,6-10,16-17H,4-5,11-13H2,1H3,(H,23,24)/b18-10+. The van der Waals surface area contributed by atoms with Crippen molar-refractivity contribution in [2.45, 2.75) is 26.2 Å². The van der Waals surface area contributed by atoms with Gasteiger partial charge in [0.25, 0.3) is 0 Å². The molecule has 1 aromatic carbocycles. The van der Waals surface area contributed by atoms with Gasteiger partial charge in [0.1, 0.15) is 0 Å². The molecule has 0 bridgehead atoms. The van der Waals surface area contributed by atoms with Crippen molar-refractivity contribution in [1.29, 1.82) is 0 Å². The molecule has 1 heterocycles. The molecule has 2 unspecified atom stereocenters. The van der Waals surface area contributed by atoms with Crippen LogP contribution in [-0.4, -0.2) is 35.0 Å². The molecule has 24 heavy (non-hydrogen) atoms. The van der Waals surface area contributed by atoms with Crippen molar-refractivity contribution >= 4 is 18.0 Å². The van der Waals surface area contributed by atoms with Gasteiger partial charge in [0.05, 0.1) is 6.42 Å². The number of likely N-dealkylation sites (tertiary alicyclic amines) is 1. The number of hydrogen-bond donors (Lipinski definition) is 1. The van der Waals surface area contributed by atoms with Crippen LogP contribution in [0.25, 0.3) is 6.08 Å². The molecule has 1 aromatic rings. The number of fused-ring (bicyclic) bond motifs is 1. The van der Waals surface area contributed by atoms with E-state index in [2.05, 4.69) is 12.2 Å². The van der Waals surface area contributed by atoms with Gasteiger partial charge in [-0.2, -0.15) is 0 Å². The van der Waals surface area contributed by atoms with Crippen molar-refractivity contribution in [3.63, 3.8) is 0 Å². The third kappa shape index (κ3) is 3.75. The first kappa shape index (κ1) is 16.5. The lowest BCUT2D eigenvalue weighted by molar-refractivity contribution is -0.136. The van der Waals surface area contributed by atoms with Crippen LogP contribution in [0.4, 0.5) is 0 Å². The summed E-state index contributed by atoms with van der Waals surface area (Å²) >= 11 is 0. The molecular weight excluding hydrogens is 302 g/mol. The van der Waals surface area contributed by atoms with E-state index in [0.29, 0.717) is 11.8 Å². The monoisotopic (exact) mass is 325 g/mol. The highest BCUT2D eigenvalue weighted by Crippen LogP contribution is 2.33. The lowest BCUT2D eigenvalue weighted by Gasteiger charge is -2.17. The van der Waals surface area contributed by atoms with Gasteiger partial charge < -0.3 is 10.0 Å². The van der Waals surface area contributed by atoms with Gasteiger partial charge in [-0.1, -0.05) is 42.0 Å². The summed E-state index contributed by atoms with van der Waals surface area (Å²) in [6, 6.07) is 7.62. The Morgan fingerprint density at radius 2 is 1.71 bits per heavy atom. The Hall–Kier alpha value is -2.36. The van der Waals surface area contributed by atoms with E-state index in [1.165, 1.54) is 0 Å². The van der Waals surface area contributed by atoms with Crippen LogP contribution in [0.2, 0.25) is 0 Å². The Balaban J connectivity index is 1.68. The maximum atomic E-state index is 12.5. The zero-order valence-electron chi connectivity index (χ0n) is 13.9. The molecule has 3 rings (SSSR count). The molecule has 0 spiro atoms. The molecular formula is C20H23NO3. The molecule has 1 aliphatic carbocycles. The zero-order chi connectivity index (χ0) is 17.1. The number of rotatable bonds is 4. The van der Waals surface area contributed by atoms with Crippen molar-refractivity contribution in [2.75, 3.05) is 13.1 Å². The van der Waals surface area contributed by atoms with Crippen LogP contribution < -0.4 is 0 Å². The fourth-order valence-corrected chi connectivity index (χ4v) is 3.55. The Morgan fingerprint density at radius 1 is 1.12 bits per heavy atom. The summed E-state index contributed by atoms with van der Waals surface area (Å²) < 4.78 is 0. The average Bonchev–Trinajstić information content (AvgIpc) is 3.00. The maximum Gasteiger partial charge on any atom is 0.332 e. The SMILES string of the molecule is Cc1ccc(/C=C(\CC(=O)N2CC3CC=CCC3C2)C(=O)O)cc1. The van der Waals surface area contributed by atoms with E-state index in [4.69, 9.17) is 0 Å². The van der Waals surface area contributed by atoms with Crippen LogP contribution in [0.3, 0.4) is 0 Å². The molecule has 2 atom stereocenters. The van der Waals surface area contributed by atoms with Crippen LogP contribution in [0, 0.1) is 18.8 Å². The van der Waals surface area contributed by atoms with Gasteiger partial charge in [0.2, 0.25) is 5.91 Å². The molecule has 0 saturated carbocycles. The highest BCUT2D eigenvalue weighted by Gasteiger charge is 2.35. The van der Waals surface area contributed by atoms with Gasteiger partial charge in [0, 0.05) is 18.7 Å². The summed E-state index contributed by atoms with van der Waals surface area (Å²) in [5.41, 5.74) is 2.08. The smallest absolute Gasteiger partial charge is 0.332 e. The van der Waals surface area contributed by atoms with Gasteiger partial charge >= 0.3 is 5.97 Å². The Bertz CT molecular complexity index is 671. The van der Waals surface area contributed by atoms with Crippen LogP contribution in [-0.2, 0) is 9.59 Å². The fraction of sp³-hybridized carbons (Fsp3) is 0.400. The number of carboxylic acid groups (broad SMARTS) is 1. The summed E-state index contributed by atoms with van der Waals surface area (Å²) in [5, 5.41) is 9.44. The number of aliphatic carboxylic acids is 1. The van der Waals surface area contributed by atoms with Crippen LogP contribution in [0.15, 0.2) is 42.0 Å². The van der Waals surface area contributed by atoms with Gasteiger partial charge in [-0.05, 0) is 43.2 Å². The molecule has 0 aromatic heterocycles. The Labute approximate surface area is 142 Å². The molecule has 1 saturated heterocycles. The molecule has 1 N–H and O–H groups in total. The number of allylic oxidation sites excluding steroid dienone is 2. The van der Waals surface area contributed by atoms with Gasteiger partial charge in [0.15, 0.2) is 0 Å². The number of hydrogen-bond acceptors (Lipinski definition) is 2. The van der Waals surface area contributed by atoms with Crippen molar-refractivity contribution in [2.24, 2.45) is 11.8 Å². The van der Waals surface area contributed by atoms with Crippen molar-refractivity contribution in [3.05, 3.63) is 53.1 Å². The van der Waals surface area contributed by atoms with Gasteiger partial charge in [-0.15, -0.1) is 0 Å². The Morgan fingerprint density at radius 3 is 2.25 bits per heavy atom. The number of aryl methyl sites for hydroxylation is 1. The number of carboxylic acids is 1. The van der Waals surface area contributed by atoms with E-state index in [1.54, 1.807) is 6.08 Å². The predicted octanol–water partition coefficient (Wildman–Crippen LogP) is 3.28. The van der Waals surface area contributed by atoms with Crippen molar-refractivity contribution in [1.82, 2.24) is 4.90 Å². The minimum atomic E-state index is -1.03. The molecule has 1 fully saturated rings. The van der Waals surface area contributed by atoms with E-state index < -0.39 is 5.97 Å². The maximum absolute atomic E-state index is 12.5. The average molecular weight is 325 g/mol. The van der Waals surface area contributed by atoms with Gasteiger partial charge in [-0.3, -0.25) is 4.79 Å². The zero-order valence-corrected chi connectivity index (χ0v) is 13.9. The normalized spacial score (nSPS) is 23.2. The molecule has 2 aliphatic rings. The first-order chi connectivity index (χ1) is 11.5. The molecule has 1 amide bonds. The lowest BCUT2D eigenvalue weighted by atomic mass is 9.86. The third-order valence-corrected chi connectivity index (χ3v) is 5.01. The van der Waals surface area contributed by atoms with Crippen LogP contribution >= 0.6 is 0 Å². The van der Waals surface area contributed by atoms with E-state index >= 15 is 0 Å². The largest absolute Gasteiger partial charge is 0.478 e. The highest BCUT2D eigenvalue weighted by atomic mass is 16.4. The lowest BCUT2D eigenvalue weighted by Crippen LogP contribution is -2.29. The quantitative estimate of drug-likeness (QED) is 0.683. The molecule has 4 heteroatoms. The second-order valence-electron chi connectivity index (χ2n) is 6.82. The second kappa shape index (κ2) is 7.04. The van der Waals surface area contributed by atoms with E-state index in [0.717, 1.165) is 37.1 Å².